The second-order valence-corrected chi connectivity index (χ2v) is 8.54. The third-order valence-electron chi connectivity index (χ3n) is 4.80. The summed E-state index contributed by atoms with van der Waals surface area (Å²) in [6.07, 6.45) is 5.66. The van der Waals surface area contributed by atoms with E-state index < -0.39 is 10.0 Å². The lowest BCUT2D eigenvalue weighted by Crippen LogP contribution is -2.34. The average molecular weight is 365 g/mol. The van der Waals surface area contributed by atoms with Gasteiger partial charge in [0.25, 0.3) is 0 Å². The Morgan fingerprint density at radius 3 is 2.74 bits per heavy atom. The molecule has 0 radical (unpaired) electrons. The molecule has 2 aliphatic rings. The number of hydrogen-bond donors (Lipinski definition) is 1. The molecule has 3 rings (SSSR count). The molecule has 2 aliphatic heterocycles. The van der Waals surface area contributed by atoms with Gasteiger partial charge in [-0.05, 0) is 31.2 Å². The normalized spacial score (nSPS) is 27.0. The Morgan fingerprint density at radius 2 is 2.13 bits per heavy atom. The summed E-state index contributed by atoms with van der Waals surface area (Å²) in [7, 11) is -3.47. The Labute approximate surface area is 143 Å². The van der Waals surface area contributed by atoms with Crippen molar-refractivity contribution in [1.82, 2.24) is 14.1 Å². The second-order valence-electron chi connectivity index (χ2n) is 6.60. The van der Waals surface area contributed by atoms with E-state index in [1.807, 2.05) is 6.92 Å². The fourth-order valence-corrected chi connectivity index (χ4v) is 4.64. The zero-order valence-electron chi connectivity index (χ0n) is 13.3. The van der Waals surface area contributed by atoms with Crippen molar-refractivity contribution in [3.63, 3.8) is 0 Å². The number of aromatic nitrogens is 2. The summed E-state index contributed by atoms with van der Waals surface area (Å²) in [4.78, 5) is 0.278. The number of halogens is 1. The van der Waals surface area contributed by atoms with Crippen LogP contribution in [-0.4, -0.2) is 55.4 Å². The summed E-state index contributed by atoms with van der Waals surface area (Å²) in [5.41, 5.74) is 5.64. The van der Waals surface area contributed by atoms with Crippen LogP contribution in [0.4, 0.5) is 0 Å². The lowest BCUT2D eigenvalue weighted by atomic mass is 9.90. The first-order chi connectivity index (χ1) is 10.4. The zero-order valence-corrected chi connectivity index (χ0v) is 15.0. The van der Waals surface area contributed by atoms with Gasteiger partial charge in [0.2, 0.25) is 10.0 Å². The molecule has 1 unspecified atom stereocenters. The fraction of sp³-hybridized carbons (Fsp3) is 0.786. The van der Waals surface area contributed by atoms with Crippen LogP contribution in [0.15, 0.2) is 17.3 Å². The molecule has 0 aromatic carbocycles. The summed E-state index contributed by atoms with van der Waals surface area (Å²) in [5.74, 6) is 0. The van der Waals surface area contributed by atoms with E-state index in [1.54, 1.807) is 10.9 Å². The Hall–Kier alpha value is -0.670. The molecule has 1 atom stereocenters. The van der Waals surface area contributed by atoms with E-state index in [-0.39, 0.29) is 28.8 Å². The quantitative estimate of drug-likeness (QED) is 0.861. The zero-order chi connectivity index (χ0) is 15.8. The molecule has 2 fully saturated rings. The van der Waals surface area contributed by atoms with E-state index in [4.69, 9.17) is 10.5 Å². The molecular weight excluding hydrogens is 340 g/mol. The molecule has 2 saturated heterocycles. The number of sulfonamides is 1. The number of nitrogens with zero attached hydrogens (tertiary/aromatic N) is 3. The largest absolute Gasteiger partial charge is 0.381 e. The van der Waals surface area contributed by atoms with Gasteiger partial charge in [-0.15, -0.1) is 12.4 Å². The highest BCUT2D eigenvalue weighted by atomic mass is 35.5. The Kier molecular flexibility index (Phi) is 5.73. The second kappa shape index (κ2) is 7.06. The number of ether oxygens (including phenoxy) is 1. The molecule has 132 valence electrons. The van der Waals surface area contributed by atoms with Crippen LogP contribution in [0.3, 0.4) is 0 Å². The third-order valence-corrected chi connectivity index (χ3v) is 6.59. The topological polar surface area (TPSA) is 90.5 Å². The summed E-state index contributed by atoms with van der Waals surface area (Å²) >= 11 is 0. The molecule has 7 nitrogen and oxygen atoms in total. The van der Waals surface area contributed by atoms with Crippen molar-refractivity contribution < 1.29 is 13.2 Å². The van der Waals surface area contributed by atoms with E-state index in [2.05, 4.69) is 5.10 Å². The molecule has 23 heavy (non-hydrogen) atoms. The minimum Gasteiger partial charge on any atom is -0.381 e. The van der Waals surface area contributed by atoms with Gasteiger partial charge >= 0.3 is 0 Å². The molecule has 0 aliphatic carbocycles. The predicted octanol–water partition coefficient (Wildman–Crippen LogP) is 1.02. The molecule has 9 heteroatoms. The maximum Gasteiger partial charge on any atom is 0.246 e. The van der Waals surface area contributed by atoms with Crippen LogP contribution in [0.2, 0.25) is 0 Å². The first-order valence-electron chi connectivity index (χ1n) is 7.77. The smallest absolute Gasteiger partial charge is 0.246 e. The number of rotatable bonds is 4. The van der Waals surface area contributed by atoms with Crippen molar-refractivity contribution in [3.8, 4) is 0 Å². The molecule has 1 aromatic rings. The van der Waals surface area contributed by atoms with Gasteiger partial charge in [0.1, 0.15) is 4.90 Å². The average Bonchev–Trinajstić information content (AvgIpc) is 3.16. The van der Waals surface area contributed by atoms with Crippen molar-refractivity contribution in [1.29, 1.82) is 0 Å². The van der Waals surface area contributed by atoms with Crippen LogP contribution in [0.1, 0.15) is 32.2 Å². The summed E-state index contributed by atoms with van der Waals surface area (Å²) < 4.78 is 34.1. The summed E-state index contributed by atoms with van der Waals surface area (Å²) in [5, 5.41) is 4.26. The van der Waals surface area contributed by atoms with Crippen molar-refractivity contribution in [2.24, 2.45) is 11.1 Å². The first-order valence-corrected chi connectivity index (χ1v) is 9.21. The Morgan fingerprint density at radius 1 is 1.43 bits per heavy atom. The maximum absolute atomic E-state index is 12.7. The molecule has 0 saturated carbocycles. The molecule has 2 N–H and O–H groups in total. The highest BCUT2D eigenvalue weighted by Crippen LogP contribution is 2.32. The van der Waals surface area contributed by atoms with Crippen LogP contribution in [-0.2, 0) is 14.8 Å². The molecular formula is C14H25ClN4O3S. The SMILES string of the molecule is CC1(CN)CCN(S(=O)(=O)c2cnn(C3CCOCC3)c2)C1.Cl. The highest BCUT2D eigenvalue weighted by molar-refractivity contribution is 7.89. The molecule has 0 amide bonds. The van der Waals surface area contributed by atoms with Crippen molar-refractivity contribution in [2.45, 2.75) is 37.1 Å². The monoisotopic (exact) mass is 364 g/mol. The van der Waals surface area contributed by atoms with Gasteiger partial charge in [0, 0.05) is 32.5 Å². The van der Waals surface area contributed by atoms with Gasteiger partial charge in [0.15, 0.2) is 0 Å². The molecule has 0 spiro atoms. The molecule has 3 heterocycles. The predicted molar refractivity (Wildman–Crippen MR) is 89.1 cm³/mol. The van der Waals surface area contributed by atoms with Gasteiger partial charge in [-0.25, -0.2) is 8.42 Å². The van der Waals surface area contributed by atoms with Gasteiger partial charge in [-0.1, -0.05) is 6.92 Å². The molecule has 0 bridgehead atoms. The van der Waals surface area contributed by atoms with E-state index >= 15 is 0 Å². The number of hydrogen-bond acceptors (Lipinski definition) is 5. The van der Waals surface area contributed by atoms with Crippen LogP contribution >= 0.6 is 12.4 Å². The van der Waals surface area contributed by atoms with Crippen LogP contribution in [0.5, 0.6) is 0 Å². The minimum atomic E-state index is -3.47. The first kappa shape index (κ1) is 18.7. The van der Waals surface area contributed by atoms with Crippen molar-refractivity contribution in [2.75, 3.05) is 32.8 Å². The van der Waals surface area contributed by atoms with E-state index in [1.165, 1.54) is 10.5 Å². The van der Waals surface area contributed by atoms with Gasteiger partial charge in [-0.2, -0.15) is 9.40 Å². The highest BCUT2D eigenvalue weighted by Gasteiger charge is 2.39. The van der Waals surface area contributed by atoms with Gasteiger partial charge in [-0.3, -0.25) is 4.68 Å². The number of nitrogens with two attached hydrogens (primary N) is 1. The fourth-order valence-electron chi connectivity index (χ4n) is 3.10. The van der Waals surface area contributed by atoms with Gasteiger partial charge in [0.05, 0.1) is 12.2 Å². The van der Waals surface area contributed by atoms with Crippen molar-refractivity contribution >= 4 is 22.4 Å². The van der Waals surface area contributed by atoms with E-state index in [0.717, 1.165) is 19.3 Å². The Bertz CT molecular complexity index is 630. The van der Waals surface area contributed by atoms with Gasteiger partial charge < -0.3 is 10.5 Å². The summed E-state index contributed by atoms with van der Waals surface area (Å²) in [6, 6.07) is 0.227. The molecule has 1 aromatic heterocycles. The minimum absolute atomic E-state index is 0. The Balaban J connectivity index is 0.00000192. The lowest BCUT2D eigenvalue weighted by molar-refractivity contribution is 0.0662. The van der Waals surface area contributed by atoms with E-state index in [0.29, 0.717) is 32.8 Å². The van der Waals surface area contributed by atoms with Crippen LogP contribution in [0, 0.1) is 5.41 Å². The van der Waals surface area contributed by atoms with E-state index in [9.17, 15) is 8.42 Å². The van der Waals surface area contributed by atoms with Crippen LogP contribution in [0.25, 0.3) is 0 Å². The third kappa shape index (κ3) is 3.71. The standard InChI is InChI=1S/C14H24N4O3S.ClH/c1-14(10-15)4-5-17(11-14)22(19,20)13-8-16-18(9-13)12-2-6-21-7-3-12;/h8-9,12H,2-7,10-11,15H2,1H3;1H. The lowest BCUT2D eigenvalue weighted by Gasteiger charge is -2.22. The van der Waals surface area contributed by atoms with Crippen molar-refractivity contribution in [3.05, 3.63) is 12.4 Å². The maximum atomic E-state index is 12.7. The summed E-state index contributed by atoms with van der Waals surface area (Å²) in [6.45, 7) is 4.95. The van der Waals surface area contributed by atoms with Crippen LogP contribution < -0.4 is 5.73 Å².